The Kier molecular flexibility index (Phi) is 6.18. The highest BCUT2D eigenvalue weighted by Gasteiger charge is 2.30. The average molecular weight is 363 g/mol. The minimum atomic E-state index is -0.997. The fraction of sp³-hybridized carbons (Fsp3) is 0.556. The van der Waals surface area contributed by atoms with Crippen molar-refractivity contribution in [3.63, 3.8) is 0 Å². The number of nitrogen functional groups attached to an aromatic ring is 1. The van der Waals surface area contributed by atoms with Gasteiger partial charge in [-0.25, -0.2) is 4.79 Å². The van der Waals surface area contributed by atoms with Gasteiger partial charge in [-0.2, -0.15) is 0 Å². The Morgan fingerprint density at radius 3 is 2.69 bits per heavy atom. The molecule has 1 fully saturated rings. The predicted molar refractivity (Wildman–Crippen MR) is 96.5 cm³/mol. The van der Waals surface area contributed by atoms with Gasteiger partial charge in [-0.05, 0) is 37.3 Å². The summed E-state index contributed by atoms with van der Waals surface area (Å²) < 4.78 is 5.16. The van der Waals surface area contributed by atoms with Gasteiger partial charge >= 0.3 is 5.97 Å². The summed E-state index contributed by atoms with van der Waals surface area (Å²) in [6.45, 7) is 5.76. The van der Waals surface area contributed by atoms with E-state index < -0.39 is 17.0 Å². The van der Waals surface area contributed by atoms with Crippen molar-refractivity contribution in [2.75, 3.05) is 5.73 Å². The highest BCUT2D eigenvalue weighted by atomic mass is 16.6. The first kappa shape index (κ1) is 19.7. The fourth-order valence-corrected chi connectivity index (χ4v) is 3.20. The molecule has 8 heteroatoms. The lowest BCUT2D eigenvalue weighted by Gasteiger charge is -2.35. The van der Waals surface area contributed by atoms with Crippen molar-refractivity contribution >= 4 is 23.3 Å². The Morgan fingerprint density at radius 2 is 2.04 bits per heavy atom. The van der Waals surface area contributed by atoms with Crippen LogP contribution in [-0.4, -0.2) is 28.9 Å². The van der Waals surface area contributed by atoms with Gasteiger partial charge in [0.2, 0.25) is 0 Å². The molecule has 1 amide bonds. The van der Waals surface area contributed by atoms with Crippen molar-refractivity contribution in [2.45, 2.75) is 52.2 Å². The summed E-state index contributed by atoms with van der Waals surface area (Å²) in [6, 6.07) is 3.71. The van der Waals surface area contributed by atoms with E-state index >= 15 is 0 Å². The minimum Gasteiger partial charge on any atom is -0.449 e. The second-order valence-electron chi connectivity index (χ2n) is 6.96. The fourth-order valence-electron chi connectivity index (χ4n) is 3.20. The lowest BCUT2D eigenvalue weighted by Crippen LogP contribution is -2.47. The summed E-state index contributed by atoms with van der Waals surface area (Å²) in [5.41, 5.74) is 5.07. The minimum absolute atomic E-state index is 0.0230. The molecule has 1 aliphatic rings. The number of nitro groups is 1. The van der Waals surface area contributed by atoms with Gasteiger partial charge < -0.3 is 15.8 Å². The molecule has 1 saturated carbocycles. The van der Waals surface area contributed by atoms with Crippen LogP contribution in [0.1, 0.15) is 50.4 Å². The lowest BCUT2D eigenvalue weighted by molar-refractivity contribution is -0.383. The first-order valence-electron chi connectivity index (χ1n) is 8.76. The second kappa shape index (κ2) is 8.16. The number of rotatable bonds is 5. The van der Waals surface area contributed by atoms with E-state index in [1.54, 1.807) is 0 Å². The maximum absolute atomic E-state index is 12.3. The molecule has 0 radical (unpaired) electrons. The van der Waals surface area contributed by atoms with Gasteiger partial charge in [-0.1, -0.05) is 26.7 Å². The maximum atomic E-state index is 12.3. The molecular weight excluding hydrogens is 338 g/mol. The number of esters is 1. The van der Waals surface area contributed by atoms with Crippen LogP contribution in [0.3, 0.4) is 0 Å². The number of carbonyl (C=O) groups is 2. The van der Waals surface area contributed by atoms with Crippen LogP contribution in [0.5, 0.6) is 0 Å². The molecule has 2 rings (SSSR count). The lowest BCUT2D eigenvalue weighted by atomic mass is 9.78. The number of hydrogen-bond donors (Lipinski definition) is 2. The molecule has 0 aromatic heterocycles. The van der Waals surface area contributed by atoms with Crippen LogP contribution in [0.4, 0.5) is 11.4 Å². The van der Waals surface area contributed by atoms with Crippen molar-refractivity contribution in [2.24, 2.45) is 11.8 Å². The van der Waals surface area contributed by atoms with Crippen LogP contribution in [-0.2, 0) is 9.53 Å². The normalized spacial score (nSPS) is 23.7. The van der Waals surface area contributed by atoms with Crippen LogP contribution in [0, 0.1) is 22.0 Å². The van der Waals surface area contributed by atoms with Crippen LogP contribution in [0.15, 0.2) is 18.2 Å². The van der Waals surface area contributed by atoms with E-state index in [1.165, 1.54) is 19.1 Å². The monoisotopic (exact) mass is 363 g/mol. The number of nitrogens with one attached hydrogen (secondary N) is 1. The first-order valence-corrected chi connectivity index (χ1v) is 8.76. The Morgan fingerprint density at radius 1 is 1.35 bits per heavy atom. The zero-order valence-electron chi connectivity index (χ0n) is 15.2. The number of amides is 1. The maximum Gasteiger partial charge on any atom is 0.339 e. The SMILES string of the molecule is C[C@H]1[C@H](C)CCC[C@H]1NC(=O)[C@H](C)OC(=O)c1ccc(N)c([N+](=O)[O-])c1. The Labute approximate surface area is 152 Å². The van der Waals surface area contributed by atoms with Gasteiger partial charge in [0.05, 0.1) is 10.5 Å². The molecule has 1 aromatic rings. The van der Waals surface area contributed by atoms with Gasteiger partial charge in [0, 0.05) is 12.1 Å². The molecule has 3 N–H and O–H groups in total. The number of benzene rings is 1. The third kappa shape index (κ3) is 4.50. The Hall–Kier alpha value is -2.64. The quantitative estimate of drug-likeness (QED) is 0.359. The molecule has 0 spiro atoms. The molecular formula is C18H25N3O5. The summed E-state index contributed by atoms with van der Waals surface area (Å²) in [5, 5.41) is 13.9. The molecule has 1 aromatic carbocycles. The van der Waals surface area contributed by atoms with E-state index in [0.717, 1.165) is 25.3 Å². The molecule has 0 bridgehead atoms. The topological polar surface area (TPSA) is 125 Å². The van der Waals surface area contributed by atoms with E-state index in [2.05, 4.69) is 19.2 Å². The van der Waals surface area contributed by atoms with Gasteiger partial charge in [-0.3, -0.25) is 14.9 Å². The molecule has 0 aliphatic heterocycles. The van der Waals surface area contributed by atoms with E-state index in [4.69, 9.17) is 10.5 Å². The molecule has 0 saturated heterocycles. The molecule has 1 aliphatic carbocycles. The third-order valence-corrected chi connectivity index (χ3v) is 5.15. The average Bonchev–Trinajstić information content (AvgIpc) is 2.58. The van der Waals surface area contributed by atoms with Crippen LogP contribution in [0.25, 0.3) is 0 Å². The predicted octanol–water partition coefficient (Wildman–Crippen LogP) is 2.66. The summed E-state index contributed by atoms with van der Waals surface area (Å²) in [5.74, 6) is -0.285. The van der Waals surface area contributed by atoms with Gasteiger partial charge in [0.25, 0.3) is 11.6 Å². The Balaban J connectivity index is 1.99. The Bertz CT molecular complexity index is 706. The van der Waals surface area contributed by atoms with E-state index in [0.29, 0.717) is 11.8 Å². The van der Waals surface area contributed by atoms with Crippen molar-refractivity contribution in [3.05, 3.63) is 33.9 Å². The first-order chi connectivity index (χ1) is 12.2. The highest BCUT2D eigenvalue weighted by Crippen LogP contribution is 2.29. The van der Waals surface area contributed by atoms with E-state index in [9.17, 15) is 19.7 Å². The number of nitro benzene ring substituents is 1. The molecule has 142 valence electrons. The summed E-state index contributed by atoms with van der Waals surface area (Å²) >= 11 is 0. The summed E-state index contributed by atoms with van der Waals surface area (Å²) in [4.78, 5) is 34.8. The van der Waals surface area contributed by atoms with Crippen molar-refractivity contribution in [1.29, 1.82) is 0 Å². The van der Waals surface area contributed by atoms with Gasteiger partial charge in [-0.15, -0.1) is 0 Å². The molecule has 4 atom stereocenters. The van der Waals surface area contributed by atoms with E-state index in [-0.39, 0.29) is 28.9 Å². The summed E-state index contributed by atoms with van der Waals surface area (Å²) in [6.07, 6.45) is 2.11. The van der Waals surface area contributed by atoms with Gasteiger partial charge in [0.15, 0.2) is 6.10 Å². The number of carbonyl (C=O) groups excluding carboxylic acids is 2. The molecule has 0 unspecified atom stereocenters. The van der Waals surface area contributed by atoms with Crippen molar-refractivity contribution in [3.8, 4) is 0 Å². The number of nitrogens with zero attached hydrogens (tertiary/aromatic N) is 1. The number of nitrogens with two attached hydrogens (primary N) is 1. The van der Waals surface area contributed by atoms with Crippen LogP contribution in [0.2, 0.25) is 0 Å². The zero-order chi connectivity index (χ0) is 19.4. The number of ether oxygens (including phenoxy) is 1. The third-order valence-electron chi connectivity index (χ3n) is 5.15. The standard InChI is InChI=1S/C18H25N3O5/c1-10-5-4-6-15(11(10)2)20-17(22)12(3)26-18(23)13-7-8-14(19)16(9-13)21(24)25/h7-12,15H,4-6,19H2,1-3H3,(H,20,22)/t10-,11+,12+,15-/m1/s1. The van der Waals surface area contributed by atoms with Crippen molar-refractivity contribution < 1.29 is 19.2 Å². The largest absolute Gasteiger partial charge is 0.449 e. The number of anilines is 1. The molecule has 26 heavy (non-hydrogen) atoms. The van der Waals surface area contributed by atoms with Gasteiger partial charge in [0.1, 0.15) is 5.69 Å². The highest BCUT2D eigenvalue weighted by molar-refractivity contribution is 5.93. The number of hydrogen-bond acceptors (Lipinski definition) is 6. The second-order valence-corrected chi connectivity index (χ2v) is 6.96. The molecule has 8 nitrogen and oxygen atoms in total. The van der Waals surface area contributed by atoms with Crippen LogP contribution < -0.4 is 11.1 Å². The smallest absolute Gasteiger partial charge is 0.339 e. The van der Waals surface area contributed by atoms with Crippen LogP contribution >= 0.6 is 0 Å². The van der Waals surface area contributed by atoms with Crippen molar-refractivity contribution in [1.82, 2.24) is 5.32 Å². The van der Waals surface area contributed by atoms with E-state index in [1.807, 2.05) is 0 Å². The zero-order valence-corrected chi connectivity index (χ0v) is 15.2. The summed E-state index contributed by atoms with van der Waals surface area (Å²) in [7, 11) is 0. The molecule has 0 heterocycles.